The van der Waals surface area contributed by atoms with Gasteiger partial charge in [0.15, 0.2) is 0 Å². The van der Waals surface area contributed by atoms with Crippen LogP contribution >= 0.6 is 22.9 Å². The van der Waals surface area contributed by atoms with Crippen molar-refractivity contribution in [2.45, 2.75) is 19.6 Å². The van der Waals surface area contributed by atoms with Crippen LogP contribution in [0, 0.1) is 0 Å². The molecule has 0 aliphatic rings. The predicted molar refractivity (Wildman–Crippen MR) is 119 cm³/mol. The SMILES string of the molecule is O=C(Cn1c(CNC(=O)c2ccccc2Cl)nc2ccccc21)NCc1cccs1. The van der Waals surface area contributed by atoms with Crippen LogP contribution < -0.4 is 10.6 Å². The molecule has 2 amide bonds. The Labute approximate surface area is 182 Å². The first-order chi connectivity index (χ1) is 14.6. The first-order valence-corrected chi connectivity index (χ1v) is 10.6. The molecule has 0 bridgehead atoms. The van der Waals surface area contributed by atoms with Crippen LogP contribution in [0.15, 0.2) is 66.0 Å². The van der Waals surface area contributed by atoms with Gasteiger partial charge in [-0.1, -0.05) is 41.9 Å². The molecular formula is C22H19ClN4O2S. The molecule has 152 valence electrons. The Hall–Kier alpha value is -3.16. The summed E-state index contributed by atoms with van der Waals surface area (Å²) < 4.78 is 1.83. The van der Waals surface area contributed by atoms with Crippen LogP contribution in [0.2, 0.25) is 5.02 Å². The standard InChI is InChI=1S/C22H19ClN4O2S/c23-17-8-2-1-7-16(17)22(29)25-13-20-26-18-9-3-4-10-19(18)27(20)14-21(28)24-12-15-6-5-11-30-15/h1-11H,12-14H2,(H,24,28)(H,25,29). The molecule has 0 radical (unpaired) electrons. The summed E-state index contributed by atoms with van der Waals surface area (Å²) in [7, 11) is 0. The lowest BCUT2D eigenvalue weighted by atomic mass is 10.2. The van der Waals surface area contributed by atoms with Gasteiger partial charge in [-0.2, -0.15) is 0 Å². The molecule has 0 spiro atoms. The molecule has 2 N–H and O–H groups in total. The van der Waals surface area contributed by atoms with Crippen molar-refractivity contribution in [2.75, 3.05) is 0 Å². The summed E-state index contributed by atoms with van der Waals surface area (Å²) in [6.45, 7) is 0.780. The number of thiophene rings is 1. The lowest BCUT2D eigenvalue weighted by Gasteiger charge is -2.11. The molecule has 0 unspecified atom stereocenters. The van der Waals surface area contributed by atoms with E-state index in [-0.39, 0.29) is 24.9 Å². The maximum absolute atomic E-state index is 12.5. The number of hydrogen-bond donors (Lipinski definition) is 2. The fraction of sp³-hybridized carbons (Fsp3) is 0.136. The van der Waals surface area contributed by atoms with Crippen molar-refractivity contribution in [1.29, 1.82) is 0 Å². The van der Waals surface area contributed by atoms with Crippen LogP contribution in [0.1, 0.15) is 21.1 Å². The first kappa shape index (κ1) is 20.1. The van der Waals surface area contributed by atoms with Crippen molar-refractivity contribution in [3.8, 4) is 0 Å². The van der Waals surface area contributed by atoms with Crippen LogP contribution in [0.3, 0.4) is 0 Å². The normalized spacial score (nSPS) is 10.8. The number of carbonyl (C=O) groups excluding carboxylic acids is 2. The maximum atomic E-state index is 12.5. The number of rotatable bonds is 7. The zero-order chi connectivity index (χ0) is 20.9. The molecule has 4 rings (SSSR count). The third kappa shape index (κ3) is 4.53. The number of hydrogen-bond acceptors (Lipinski definition) is 4. The van der Waals surface area contributed by atoms with E-state index in [4.69, 9.17) is 11.6 Å². The number of para-hydroxylation sites is 2. The van der Waals surface area contributed by atoms with Crippen molar-refractivity contribution in [2.24, 2.45) is 0 Å². The number of benzene rings is 2. The molecule has 4 aromatic rings. The van der Waals surface area contributed by atoms with Crippen molar-refractivity contribution in [1.82, 2.24) is 20.2 Å². The van der Waals surface area contributed by atoms with Gasteiger partial charge in [-0.25, -0.2) is 4.98 Å². The molecule has 0 saturated heterocycles. The molecule has 30 heavy (non-hydrogen) atoms. The van der Waals surface area contributed by atoms with E-state index in [2.05, 4.69) is 15.6 Å². The summed E-state index contributed by atoms with van der Waals surface area (Å²) in [6.07, 6.45) is 0. The largest absolute Gasteiger partial charge is 0.350 e. The Kier molecular flexibility index (Phi) is 6.11. The van der Waals surface area contributed by atoms with Gasteiger partial charge in [0, 0.05) is 4.88 Å². The highest BCUT2D eigenvalue weighted by molar-refractivity contribution is 7.09. The van der Waals surface area contributed by atoms with Crippen LogP contribution in [-0.2, 0) is 24.4 Å². The van der Waals surface area contributed by atoms with Gasteiger partial charge in [0.05, 0.1) is 34.7 Å². The number of fused-ring (bicyclic) bond motifs is 1. The van der Waals surface area contributed by atoms with E-state index in [1.54, 1.807) is 35.6 Å². The zero-order valence-corrected chi connectivity index (χ0v) is 17.5. The van der Waals surface area contributed by atoms with Gasteiger partial charge < -0.3 is 15.2 Å². The van der Waals surface area contributed by atoms with Crippen LogP contribution in [0.5, 0.6) is 0 Å². The number of imidazole rings is 1. The fourth-order valence-corrected chi connectivity index (χ4v) is 4.00. The van der Waals surface area contributed by atoms with Crippen LogP contribution in [0.4, 0.5) is 0 Å². The summed E-state index contributed by atoms with van der Waals surface area (Å²) in [6, 6.07) is 18.4. The van der Waals surface area contributed by atoms with Gasteiger partial charge in [0.25, 0.3) is 5.91 Å². The first-order valence-electron chi connectivity index (χ1n) is 9.38. The molecule has 0 fully saturated rings. The molecule has 6 nitrogen and oxygen atoms in total. The van der Waals surface area contributed by atoms with Gasteiger partial charge in [0.1, 0.15) is 12.4 Å². The average molecular weight is 439 g/mol. The van der Waals surface area contributed by atoms with Gasteiger partial charge in [-0.3, -0.25) is 9.59 Å². The monoisotopic (exact) mass is 438 g/mol. The minimum Gasteiger partial charge on any atom is -0.350 e. The summed E-state index contributed by atoms with van der Waals surface area (Å²) in [4.78, 5) is 30.7. The smallest absolute Gasteiger partial charge is 0.253 e. The second kappa shape index (κ2) is 9.11. The number of amides is 2. The Morgan fingerprint density at radius 1 is 0.967 bits per heavy atom. The predicted octanol–water partition coefficient (Wildman–Crippen LogP) is 4.00. The minimum absolute atomic E-state index is 0.114. The molecule has 0 aliphatic carbocycles. The lowest BCUT2D eigenvalue weighted by molar-refractivity contribution is -0.121. The summed E-state index contributed by atoms with van der Waals surface area (Å²) in [5, 5.41) is 8.14. The number of nitrogens with one attached hydrogen (secondary N) is 2. The van der Waals surface area contributed by atoms with E-state index in [0.29, 0.717) is 23.0 Å². The summed E-state index contributed by atoms with van der Waals surface area (Å²) in [5.74, 6) is 0.189. The van der Waals surface area contributed by atoms with Crippen LogP contribution in [0.25, 0.3) is 11.0 Å². The number of aromatic nitrogens is 2. The molecule has 8 heteroatoms. The molecule has 2 aromatic heterocycles. The molecule has 2 heterocycles. The van der Waals surface area contributed by atoms with E-state index in [9.17, 15) is 9.59 Å². The molecule has 0 saturated carbocycles. The lowest BCUT2D eigenvalue weighted by Crippen LogP contribution is -2.29. The van der Waals surface area contributed by atoms with Gasteiger partial charge in [-0.05, 0) is 35.7 Å². The van der Waals surface area contributed by atoms with Crippen molar-refractivity contribution >= 4 is 45.8 Å². The number of nitrogens with zero attached hydrogens (tertiary/aromatic N) is 2. The van der Waals surface area contributed by atoms with Gasteiger partial charge in [0.2, 0.25) is 5.91 Å². The zero-order valence-electron chi connectivity index (χ0n) is 16.0. The quantitative estimate of drug-likeness (QED) is 0.458. The third-order valence-electron chi connectivity index (χ3n) is 4.60. The highest BCUT2D eigenvalue weighted by Gasteiger charge is 2.16. The Bertz CT molecular complexity index is 1190. The highest BCUT2D eigenvalue weighted by atomic mass is 35.5. The molecule has 2 aromatic carbocycles. The number of halogens is 1. The highest BCUT2D eigenvalue weighted by Crippen LogP contribution is 2.18. The minimum atomic E-state index is -0.290. The van der Waals surface area contributed by atoms with Crippen LogP contribution in [-0.4, -0.2) is 21.4 Å². The number of carbonyl (C=O) groups is 2. The van der Waals surface area contributed by atoms with E-state index < -0.39 is 0 Å². The molecule has 0 aliphatic heterocycles. The summed E-state index contributed by atoms with van der Waals surface area (Å²) in [5.41, 5.74) is 2.01. The van der Waals surface area contributed by atoms with Gasteiger partial charge >= 0.3 is 0 Å². The second-order valence-electron chi connectivity index (χ2n) is 6.62. The van der Waals surface area contributed by atoms with Crippen molar-refractivity contribution < 1.29 is 9.59 Å². The molecular weight excluding hydrogens is 420 g/mol. The summed E-state index contributed by atoms with van der Waals surface area (Å²) >= 11 is 7.71. The Morgan fingerprint density at radius 3 is 2.57 bits per heavy atom. The topological polar surface area (TPSA) is 76.0 Å². The van der Waals surface area contributed by atoms with Crippen molar-refractivity contribution in [3.63, 3.8) is 0 Å². The average Bonchev–Trinajstić information content (AvgIpc) is 3.39. The van der Waals surface area contributed by atoms with E-state index in [0.717, 1.165) is 15.9 Å². The Balaban J connectivity index is 1.50. The Morgan fingerprint density at radius 2 is 1.77 bits per heavy atom. The van der Waals surface area contributed by atoms with Gasteiger partial charge in [-0.15, -0.1) is 11.3 Å². The maximum Gasteiger partial charge on any atom is 0.253 e. The van der Waals surface area contributed by atoms with E-state index >= 15 is 0 Å². The second-order valence-corrected chi connectivity index (χ2v) is 8.06. The third-order valence-corrected chi connectivity index (χ3v) is 5.81. The molecule has 0 atom stereocenters. The van der Waals surface area contributed by atoms with Crippen molar-refractivity contribution in [3.05, 3.63) is 87.3 Å². The van der Waals surface area contributed by atoms with E-state index in [1.807, 2.05) is 46.3 Å². The fourth-order valence-electron chi connectivity index (χ4n) is 3.14. The van der Waals surface area contributed by atoms with E-state index in [1.165, 1.54) is 0 Å².